The Morgan fingerprint density at radius 3 is 2.30 bits per heavy atom. The lowest BCUT2D eigenvalue weighted by atomic mass is 10.1. The zero-order valence-electron chi connectivity index (χ0n) is 11.3. The van der Waals surface area contributed by atoms with Crippen molar-refractivity contribution < 1.29 is 14.7 Å². The molecule has 0 aromatic heterocycles. The van der Waals surface area contributed by atoms with Gasteiger partial charge in [0.05, 0.1) is 37.4 Å². The van der Waals surface area contributed by atoms with Crippen LogP contribution in [0.3, 0.4) is 0 Å². The zero-order chi connectivity index (χ0) is 15.0. The van der Waals surface area contributed by atoms with Crippen LogP contribution >= 0.6 is 0 Å². The van der Waals surface area contributed by atoms with Gasteiger partial charge in [-0.15, -0.1) is 0 Å². The Hall–Kier alpha value is -2.12. The van der Waals surface area contributed by atoms with Gasteiger partial charge in [-0.05, 0) is 13.0 Å². The first-order valence-electron chi connectivity index (χ1n) is 6.55. The molecule has 1 fully saturated rings. The first-order valence-corrected chi connectivity index (χ1v) is 6.55. The van der Waals surface area contributed by atoms with E-state index in [1.54, 1.807) is 0 Å². The number of hydrogen-bond donors (Lipinski definition) is 1. The molecular formula is C13H18N4O3. The van der Waals surface area contributed by atoms with Gasteiger partial charge in [0.2, 0.25) is 5.91 Å². The number of amides is 1. The van der Waals surface area contributed by atoms with Crippen LogP contribution < -0.4 is 0 Å². The third-order valence-corrected chi connectivity index (χ3v) is 3.32. The first-order chi connectivity index (χ1) is 9.58. The van der Waals surface area contributed by atoms with Crippen LogP contribution in [0.25, 0.3) is 0 Å². The van der Waals surface area contributed by atoms with Crippen LogP contribution in [0, 0.1) is 28.6 Å². The van der Waals surface area contributed by atoms with E-state index in [4.69, 9.17) is 15.6 Å². The summed E-state index contributed by atoms with van der Waals surface area (Å²) >= 11 is 0. The largest absolute Gasteiger partial charge is 0.481 e. The summed E-state index contributed by atoms with van der Waals surface area (Å²) in [6.45, 7) is 1.75. The van der Waals surface area contributed by atoms with E-state index in [0.717, 1.165) is 0 Å². The van der Waals surface area contributed by atoms with E-state index in [2.05, 4.69) is 0 Å². The van der Waals surface area contributed by atoms with Crippen LogP contribution in [-0.4, -0.2) is 59.5 Å². The maximum Gasteiger partial charge on any atom is 0.307 e. The number of carboxylic acids is 1. The molecule has 1 heterocycles. The van der Waals surface area contributed by atoms with Crippen LogP contribution in [-0.2, 0) is 9.59 Å². The third-order valence-electron chi connectivity index (χ3n) is 3.32. The van der Waals surface area contributed by atoms with Gasteiger partial charge in [0.25, 0.3) is 0 Å². The fourth-order valence-electron chi connectivity index (χ4n) is 2.20. The van der Waals surface area contributed by atoms with Crippen LogP contribution in [0.15, 0.2) is 0 Å². The molecule has 0 bridgehead atoms. The van der Waals surface area contributed by atoms with Crippen molar-refractivity contribution in [1.29, 1.82) is 10.5 Å². The lowest BCUT2D eigenvalue weighted by molar-refractivity contribution is -0.141. The van der Waals surface area contributed by atoms with E-state index in [1.165, 1.54) is 4.90 Å². The SMILES string of the molecule is N#CCCN(CCC#N)C(=O)CN1CCC(C(=O)O)C1. The van der Waals surface area contributed by atoms with Crippen molar-refractivity contribution in [3.8, 4) is 12.1 Å². The number of carbonyl (C=O) groups is 2. The smallest absolute Gasteiger partial charge is 0.307 e. The Kier molecular flexibility index (Phi) is 6.48. The second-order valence-electron chi connectivity index (χ2n) is 4.76. The van der Waals surface area contributed by atoms with Gasteiger partial charge in [0.15, 0.2) is 0 Å². The van der Waals surface area contributed by atoms with Crippen molar-refractivity contribution >= 4 is 11.9 Å². The number of carbonyl (C=O) groups excluding carboxylic acids is 1. The van der Waals surface area contributed by atoms with Gasteiger partial charge in [-0.2, -0.15) is 10.5 Å². The highest BCUT2D eigenvalue weighted by atomic mass is 16.4. The number of hydrogen-bond acceptors (Lipinski definition) is 5. The minimum absolute atomic E-state index is 0.151. The lowest BCUT2D eigenvalue weighted by Crippen LogP contribution is -2.40. The van der Waals surface area contributed by atoms with E-state index in [9.17, 15) is 9.59 Å². The molecule has 0 aromatic rings. The minimum Gasteiger partial charge on any atom is -0.481 e. The summed E-state index contributed by atoms with van der Waals surface area (Å²) in [5.74, 6) is -1.39. The van der Waals surface area contributed by atoms with E-state index in [0.29, 0.717) is 32.6 Å². The molecule has 1 aliphatic heterocycles. The fourth-order valence-corrected chi connectivity index (χ4v) is 2.20. The van der Waals surface area contributed by atoms with Crippen molar-refractivity contribution in [2.24, 2.45) is 5.92 Å². The molecule has 1 N–H and O–H groups in total. The summed E-state index contributed by atoms with van der Waals surface area (Å²) in [5, 5.41) is 26.1. The quantitative estimate of drug-likeness (QED) is 0.704. The predicted molar refractivity (Wildman–Crippen MR) is 69.2 cm³/mol. The Balaban J connectivity index is 2.47. The van der Waals surface area contributed by atoms with E-state index in [-0.39, 0.29) is 25.3 Å². The Morgan fingerprint density at radius 2 is 1.85 bits per heavy atom. The van der Waals surface area contributed by atoms with Crippen molar-refractivity contribution in [3.63, 3.8) is 0 Å². The van der Waals surface area contributed by atoms with Crippen molar-refractivity contribution in [2.45, 2.75) is 19.3 Å². The van der Waals surface area contributed by atoms with Gasteiger partial charge < -0.3 is 10.0 Å². The monoisotopic (exact) mass is 278 g/mol. The van der Waals surface area contributed by atoms with Crippen LogP contribution in [0.2, 0.25) is 0 Å². The molecule has 0 aromatic carbocycles. The van der Waals surface area contributed by atoms with Gasteiger partial charge in [-0.25, -0.2) is 0 Å². The summed E-state index contributed by atoms with van der Waals surface area (Å²) in [7, 11) is 0. The Morgan fingerprint density at radius 1 is 1.25 bits per heavy atom. The topological polar surface area (TPSA) is 108 Å². The average molecular weight is 278 g/mol. The van der Waals surface area contributed by atoms with Crippen molar-refractivity contribution in [1.82, 2.24) is 9.80 Å². The van der Waals surface area contributed by atoms with Gasteiger partial charge >= 0.3 is 5.97 Å². The predicted octanol–water partition coefficient (Wildman–Crippen LogP) is 0.0489. The number of carboxylic acid groups (broad SMARTS) is 1. The normalized spacial score (nSPS) is 18.2. The molecule has 1 unspecified atom stereocenters. The van der Waals surface area contributed by atoms with Gasteiger partial charge in [0.1, 0.15) is 0 Å². The second kappa shape index (κ2) is 8.13. The lowest BCUT2D eigenvalue weighted by Gasteiger charge is -2.23. The molecule has 0 aliphatic carbocycles. The van der Waals surface area contributed by atoms with Gasteiger partial charge in [-0.3, -0.25) is 14.5 Å². The maximum atomic E-state index is 12.1. The molecule has 0 radical (unpaired) electrons. The number of nitrogens with zero attached hydrogens (tertiary/aromatic N) is 4. The van der Waals surface area contributed by atoms with Crippen LogP contribution in [0.4, 0.5) is 0 Å². The molecule has 0 saturated carbocycles. The van der Waals surface area contributed by atoms with E-state index >= 15 is 0 Å². The Bertz CT molecular complexity index is 420. The molecular weight excluding hydrogens is 260 g/mol. The average Bonchev–Trinajstić information content (AvgIpc) is 2.87. The molecule has 108 valence electrons. The van der Waals surface area contributed by atoms with Crippen molar-refractivity contribution in [3.05, 3.63) is 0 Å². The fraction of sp³-hybridized carbons (Fsp3) is 0.692. The second-order valence-corrected chi connectivity index (χ2v) is 4.76. The molecule has 1 atom stereocenters. The number of aliphatic carboxylic acids is 1. The highest BCUT2D eigenvalue weighted by molar-refractivity contribution is 5.78. The third kappa shape index (κ3) is 4.87. The van der Waals surface area contributed by atoms with Crippen LogP contribution in [0.1, 0.15) is 19.3 Å². The molecule has 20 heavy (non-hydrogen) atoms. The highest BCUT2D eigenvalue weighted by Gasteiger charge is 2.29. The van der Waals surface area contributed by atoms with Crippen LogP contribution in [0.5, 0.6) is 0 Å². The maximum absolute atomic E-state index is 12.1. The highest BCUT2D eigenvalue weighted by Crippen LogP contribution is 2.16. The van der Waals surface area contributed by atoms with E-state index in [1.807, 2.05) is 17.0 Å². The standard InChI is InChI=1S/C13H18N4O3/c14-4-1-6-17(7-2-5-15)12(18)10-16-8-3-11(9-16)13(19)20/h11H,1-3,6-10H2,(H,19,20). The molecule has 1 saturated heterocycles. The molecule has 1 aliphatic rings. The summed E-state index contributed by atoms with van der Waals surface area (Å²) in [4.78, 5) is 26.3. The number of likely N-dealkylation sites (tertiary alicyclic amines) is 1. The molecule has 1 amide bonds. The molecule has 7 heteroatoms. The number of nitriles is 2. The summed E-state index contributed by atoms with van der Waals surface area (Å²) in [6.07, 6.45) is 1.02. The van der Waals surface area contributed by atoms with Gasteiger partial charge in [-0.1, -0.05) is 0 Å². The van der Waals surface area contributed by atoms with E-state index < -0.39 is 11.9 Å². The minimum atomic E-state index is -0.828. The molecule has 1 rings (SSSR count). The van der Waals surface area contributed by atoms with Crippen molar-refractivity contribution in [2.75, 3.05) is 32.7 Å². The summed E-state index contributed by atoms with van der Waals surface area (Å²) in [6, 6.07) is 3.95. The Labute approximate surface area is 118 Å². The molecule has 0 spiro atoms. The molecule has 7 nitrogen and oxygen atoms in total. The summed E-state index contributed by atoms with van der Waals surface area (Å²) in [5.41, 5.74) is 0. The number of rotatable bonds is 7. The first kappa shape index (κ1) is 15.9. The zero-order valence-corrected chi connectivity index (χ0v) is 11.3. The summed E-state index contributed by atoms with van der Waals surface area (Å²) < 4.78 is 0. The van der Waals surface area contributed by atoms with Gasteiger partial charge in [0, 0.05) is 19.6 Å².